The maximum absolute atomic E-state index is 11.1. The van der Waals surface area contributed by atoms with E-state index in [4.69, 9.17) is 5.11 Å². The van der Waals surface area contributed by atoms with Gasteiger partial charge in [0.05, 0.1) is 0 Å². The lowest BCUT2D eigenvalue weighted by atomic mass is 9.79. The molecule has 1 N–H and O–H groups in total. The quantitative estimate of drug-likeness (QED) is 0.752. The molecule has 0 aromatic rings. The van der Waals surface area contributed by atoms with Crippen molar-refractivity contribution >= 4 is 5.97 Å². The SMILES string of the molecule is CCN(C1CC(C)C1)C(C)(C)C(=O)O. The van der Waals surface area contributed by atoms with Crippen LogP contribution in [0.1, 0.15) is 40.5 Å². The molecule has 0 atom stereocenters. The van der Waals surface area contributed by atoms with Gasteiger partial charge < -0.3 is 5.11 Å². The molecular weight excluding hydrogens is 178 g/mol. The van der Waals surface area contributed by atoms with Crippen LogP contribution in [0.25, 0.3) is 0 Å². The highest BCUT2D eigenvalue weighted by Gasteiger charge is 2.41. The van der Waals surface area contributed by atoms with Crippen LogP contribution in [0.5, 0.6) is 0 Å². The fourth-order valence-corrected chi connectivity index (χ4v) is 2.35. The number of nitrogens with zero attached hydrogens (tertiary/aromatic N) is 1. The minimum Gasteiger partial charge on any atom is -0.480 e. The zero-order valence-corrected chi connectivity index (χ0v) is 9.58. The summed E-state index contributed by atoms with van der Waals surface area (Å²) >= 11 is 0. The largest absolute Gasteiger partial charge is 0.480 e. The molecule has 3 heteroatoms. The molecule has 0 saturated heterocycles. The first-order valence-electron chi connectivity index (χ1n) is 5.39. The third-order valence-corrected chi connectivity index (χ3v) is 3.37. The molecule has 1 saturated carbocycles. The zero-order valence-electron chi connectivity index (χ0n) is 9.58. The highest BCUT2D eigenvalue weighted by atomic mass is 16.4. The van der Waals surface area contributed by atoms with E-state index in [9.17, 15) is 4.79 Å². The van der Waals surface area contributed by atoms with Crippen molar-refractivity contribution < 1.29 is 9.90 Å². The molecule has 1 fully saturated rings. The van der Waals surface area contributed by atoms with Gasteiger partial charge in [0, 0.05) is 6.04 Å². The first-order chi connectivity index (χ1) is 6.39. The van der Waals surface area contributed by atoms with Crippen molar-refractivity contribution in [3.63, 3.8) is 0 Å². The van der Waals surface area contributed by atoms with E-state index in [-0.39, 0.29) is 0 Å². The van der Waals surface area contributed by atoms with Crippen molar-refractivity contribution in [3.8, 4) is 0 Å². The summed E-state index contributed by atoms with van der Waals surface area (Å²) in [5, 5.41) is 9.14. The molecule has 1 aliphatic carbocycles. The zero-order chi connectivity index (χ0) is 10.9. The molecule has 14 heavy (non-hydrogen) atoms. The van der Waals surface area contributed by atoms with E-state index in [0.29, 0.717) is 6.04 Å². The lowest BCUT2D eigenvalue weighted by Gasteiger charge is -2.47. The molecule has 3 nitrogen and oxygen atoms in total. The summed E-state index contributed by atoms with van der Waals surface area (Å²) in [5.74, 6) is 0.0394. The topological polar surface area (TPSA) is 40.5 Å². The van der Waals surface area contributed by atoms with E-state index in [1.165, 1.54) is 0 Å². The standard InChI is InChI=1S/C11H21NO2/c1-5-12(9-6-8(2)7-9)11(3,4)10(13)14/h8-9H,5-7H2,1-4H3,(H,13,14). The van der Waals surface area contributed by atoms with Crippen molar-refractivity contribution in [3.05, 3.63) is 0 Å². The Labute approximate surface area is 86.1 Å². The Balaban J connectivity index is 2.66. The van der Waals surface area contributed by atoms with Gasteiger partial charge in [-0.25, -0.2) is 0 Å². The summed E-state index contributed by atoms with van der Waals surface area (Å²) in [6, 6.07) is 0.473. The molecule has 0 aliphatic heterocycles. The number of carboxylic acid groups (broad SMARTS) is 1. The highest BCUT2D eigenvalue weighted by Crippen LogP contribution is 2.34. The van der Waals surface area contributed by atoms with Crippen LogP contribution in [0.2, 0.25) is 0 Å². The molecule has 0 amide bonds. The summed E-state index contributed by atoms with van der Waals surface area (Å²) in [5.41, 5.74) is -0.723. The van der Waals surface area contributed by atoms with Crippen LogP contribution >= 0.6 is 0 Å². The number of aliphatic carboxylic acids is 1. The summed E-state index contributed by atoms with van der Waals surface area (Å²) in [7, 11) is 0. The third-order valence-electron chi connectivity index (χ3n) is 3.37. The Hall–Kier alpha value is -0.570. The molecular formula is C11H21NO2. The fourth-order valence-electron chi connectivity index (χ4n) is 2.35. The van der Waals surface area contributed by atoms with Gasteiger partial charge in [0.15, 0.2) is 0 Å². The summed E-state index contributed by atoms with van der Waals surface area (Å²) in [4.78, 5) is 13.2. The summed E-state index contributed by atoms with van der Waals surface area (Å²) in [6.07, 6.45) is 2.29. The molecule has 1 rings (SSSR count). The van der Waals surface area contributed by atoms with Gasteiger partial charge in [-0.3, -0.25) is 9.69 Å². The van der Waals surface area contributed by atoms with Gasteiger partial charge in [-0.05, 0) is 39.2 Å². The normalized spacial score (nSPS) is 27.5. The first kappa shape index (κ1) is 11.5. The molecule has 0 aromatic heterocycles. The van der Waals surface area contributed by atoms with Crippen LogP contribution in [-0.2, 0) is 4.79 Å². The van der Waals surface area contributed by atoms with Gasteiger partial charge in [-0.15, -0.1) is 0 Å². The Kier molecular flexibility index (Phi) is 3.20. The van der Waals surface area contributed by atoms with Crippen molar-refractivity contribution in [2.24, 2.45) is 5.92 Å². The number of hydrogen-bond acceptors (Lipinski definition) is 2. The van der Waals surface area contributed by atoms with Crippen LogP contribution in [-0.4, -0.2) is 34.1 Å². The number of rotatable bonds is 4. The molecule has 82 valence electrons. The van der Waals surface area contributed by atoms with Gasteiger partial charge >= 0.3 is 5.97 Å². The molecule has 1 aliphatic rings. The average molecular weight is 199 g/mol. The second-order valence-corrected chi connectivity index (χ2v) is 4.88. The summed E-state index contributed by atoms with van der Waals surface area (Å²) in [6.45, 7) is 8.66. The predicted molar refractivity (Wildman–Crippen MR) is 56.3 cm³/mol. The predicted octanol–water partition coefficient (Wildman–Crippen LogP) is 1.97. The lowest BCUT2D eigenvalue weighted by molar-refractivity contribution is -0.153. The van der Waals surface area contributed by atoms with Crippen molar-refractivity contribution in [1.29, 1.82) is 0 Å². The van der Waals surface area contributed by atoms with E-state index in [1.807, 2.05) is 6.92 Å². The van der Waals surface area contributed by atoms with E-state index in [0.717, 1.165) is 25.3 Å². The average Bonchev–Trinajstić information content (AvgIpc) is 2.01. The smallest absolute Gasteiger partial charge is 0.323 e. The first-order valence-corrected chi connectivity index (χ1v) is 5.39. The number of carboxylic acids is 1. The molecule has 0 bridgehead atoms. The molecule has 0 spiro atoms. The molecule has 0 heterocycles. The second kappa shape index (κ2) is 3.89. The minimum atomic E-state index is -0.723. The van der Waals surface area contributed by atoms with Crippen LogP contribution in [0.15, 0.2) is 0 Å². The van der Waals surface area contributed by atoms with E-state index < -0.39 is 11.5 Å². The Morgan fingerprint density at radius 1 is 1.50 bits per heavy atom. The monoisotopic (exact) mass is 199 g/mol. The number of carbonyl (C=O) groups is 1. The van der Waals surface area contributed by atoms with Gasteiger partial charge in [0.1, 0.15) is 5.54 Å². The fraction of sp³-hybridized carbons (Fsp3) is 0.909. The van der Waals surface area contributed by atoms with Gasteiger partial charge in [0.2, 0.25) is 0 Å². The van der Waals surface area contributed by atoms with Crippen LogP contribution in [0, 0.1) is 5.92 Å². The van der Waals surface area contributed by atoms with Crippen LogP contribution in [0.3, 0.4) is 0 Å². The highest BCUT2D eigenvalue weighted by molar-refractivity contribution is 5.77. The van der Waals surface area contributed by atoms with Gasteiger partial charge in [-0.2, -0.15) is 0 Å². The van der Waals surface area contributed by atoms with E-state index in [1.54, 1.807) is 13.8 Å². The molecule has 0 radical (unpaired) electrons. The number of likely N-dealkylation sites (N-methyl/N-ethyl adjacent to an activating group) is 1. The summed E-state index contributed by atoms with van der Waals surface area (Å²) < 4.78 is 0. The molecule has 0 unspecified atom stereocenters. The van der Waals surface area contributed by atoms with Crippen LogP contribution in [0.4, 0.5) is 0 Å². The van der Waals surface area contributed by atoms with Crippen molar-refractivity contribution in [2.75, 3.05) is 6.54 Å². The van der Waals surface area contributed by atoms with E-state index >= 15 is 0 Å². The van der Waals surface area contributed by atoms with Crippen molar-refractivity contribution in [2.45, 2.75) is 52.1 Å². The van der Waals surface area contributed by atoms with E-state index in [2.05, 4.69) is 11.8 Å². The van der Waals surface area contributed by atoms with Crippen LogP contribution < -0.4 is 0 Å². The Morgan fingerprint density at radius 2 is 2.00 bits per heavy atom. The maximum atomic E-state index is 11.1. The van der Waals surface area contributed by atoms with Gasteiger partial charge in [0.25, 0.3) is 0 Å². The third kappa shape index (κ3) is 1.92. The maximum Gasteiger partial charge on any atom is 0.323 e. The minimum absolute atomic E-state index is 0.473. The Morgan fingerprint density at radius 3 is 2.29 bits per heavy atom. The lowest BCUT2D eigenvalue weighted by Crippen LogP contribution is -2.57. The molecule has 0 aromatic carbocycles. The second-order valence-electron chi connectivity index (χ2n) is 4.88. The van der Waals surface area contributed by atoms with Gasteiger partial charge in [-0.1, -0.05) is 13.8 Å². The Bertz CT molecular complexity index is 219. The number of hydrogen-bond donors (Lipinski definition) is 1. The van der Waals surface area contributed by atoms with Crippen molar-refractivity contribution in [1.82, 2.24) is 4.90 Å².